The fourth-order valence-corrected chi connectivity index (χ4v) is 4.10. The molecule has 1 atom stereocenters. The van der Waals surface area contributed by atoms with Crippen molar-refractivity contribution in [1.82, 2.24) is 9.55 Å². The maximum absolute atomic E-state index is 6.19. The lowest BCUT2D eigenvalue weighted by Gasteiger charge is -2.18. The van der Waals surface area contributed by atoms with Crippen molar-refractivity contribution in [3.63, 3.8) is 0 Å². The van der Waals surface area contributed by atoms with Crippen LogP contribution in [0.3, 0.4) is 0 Å². The monoisotopic (exact) mass is 417 g/mol. The number of aryl methyl sites for hydroxylation is 2. The molecule has 6 heteroatoms. The van der Waals surface area contributed by atoms with Crippen molar-refractivity contribution >= 4 is 33.5 Å². The highest BCUT2D eigenvalue weighted by molar-refractivity contribution is 6.69. The number of benzene rings is 3. The molecule has 0 aliphatic carbocycles. The predicted octanol–water partition coefficient (Wildman–Crippen LogP) is 5.67. The average molecular weight is 418 g/mol. The van der Waals surface area contributed by atoms with Gasteiger partial charge in [0, 0.05) is 17.3 Å². The van der Waals surface area contributed by atoms with E-state index in [4.69, 9.17) is 17.4 Å². The second-order valence-electron chi connectivity index (χ2n) is 7.43. The summed E-state index contributed by atoms with van der Waals surface area (Å²) in [6.45, 7) is 6.33. The first-order valence-electron chi connectivity index (χ1n) is 9.82. The van der Waals surface area contributed by atoms with Gasteiger partial charge < -0.3 is 11.2 Å². The maximum Gasteiger partial charge on any atom is 0.156 e. The van der Waals surface area contributed by atoms with Crippen molar-refractivity contribution in [2.24, 2.45) is 10.9 Å². The number of para-hydroxylation sites is 1. The van der Waals surface area contributed by atoms with E-state index in [2.05, 4.69) is 77.1 Å². The molecule has 1 heterocycles. The summed E-state index contributed by atoms with van der Waals surface area (Å²) in [5.74, 6) is 5.38. The standard InChI is InChI=1S/C24H24ClN5/c1-15-7-6-8-16(2)23(15)30-14-27-21-13-18(11-12-22(21)30)28-17(3)19-9-4-5-10-20(19)24(25)29-26/h4-14,17,28H,26H2,1-3H3/b29-24+. The Kier molecular flexibility index (Phi) is 5.46. The molecule has 5 nitrogen and oxygen atoms in total. The molecule has 0 spiro atoms. The van der Waals surface area contributed by atoms with Gasteiger partial charge in [-0.25, -0.2) is 4.98 Å². The molecular weight excluding hydrogens is 394 g/mol. The Morgan fingerprint density at radius 2 is 1.80 bits per heavy atom. The van der Waals surface area contributed by atoms with Gasteiger partial charge >= 0.3 is 0 Å². The van der Waals surface area contributed by atoms with Gasteiger partial charge in [-0.1, -0.05) is 54.1 Å². The zero-order valence-electron chi connectivity index (χ0n) is 17.2. The first kappa shape index (κ1) is 20.0. The summed E-state index contributed by atoms with van der Waals surface area (Å²) in [6.07, 6.45) is 1.89. The highest BCUT2D eigenvalue weighted by Crippen LogP contribution is 2.28. The summed E-state index contributed by atoms with van der Waals surface area (Å²) in [7, 11) is 0. The normalized spacial score (nSPS) is 12.9. The Morgan fingerprint density at radius 1 is 1.07 bits per heavy atom. The van der Waals surface area contributed by atoms with Crippen LogP contribution in [0.2, 0.25) is 0 Å². The third-order valence-electron chi connectivity index (χ3n) is 5.37. The minimum atomic E-state index is 0.00912. The molecule has 0 aliphatic rings. The van der Waals surface area contributed by atoms with Gasteiger partial charge in [-0.05, 0) is 55.7 Å². The van der Waals surface area contributed by atoms with Gasteiger partial charge in [0.15, 0.2) is 5.17 Å². The number of hydrogen-bond acceptors (Lipinski definition) is 4. The second kappa shape index (κ2) is 8.20. The molecule has 0 saturated carbocycles. The van der Waals surface area contributed by atoms with Crippen molar-refractivity contribution in [2.75, 3.05) is 5.32 Å². The van der Waals surface area contributed by atoms with Crippen LogP contribution in [0.5, 0.6) is 0 Å². The quantitative estimate of drug-likeness (QED) is 0.249. The second-order valence-corrected chi connectivity index (χ2v) is 7.79. The Balaban J connectivity index is 1.67. The van der Waals surface area contributed by atoms with Gasteiger partial charge in [-0.15, -0.1) is 0 Å². The van der Waals surface area contributed by atoms with Crippen molar-refractivity contribution in [1.29, 1.82) is 0 Å². The van der Waals surface area contributed by atoms with E-state index in [1.165, 1.54) is 16.8 Å². The summed E-state index contributed by atoms with van der Waals surface area (Å²) in [5.41, 5.74) is 8.46. The van der Waals surface area contributed by atoms with Crippen molar-refractivity contribution < 1.29 is 0 Å². The number of hydrogen-bond donors (Lipinski definition) is 2. The molecule has 4 rings (SSSR count). The summed E-state index contributed by atoms with van der Waals surface area (Å²) in [4.78, 5) is 4.64. The molecule has 30 heavy (non-hydrogen) atoms. The largest absolute Gasteiger partial charge is 0.378 e. The number of anilines is 1. The summed E-state index contributed by atoms with van der Waals surface area (Å²) in [5, 5.41) is 7.47. The van der Waals surface area contributed by atoms with Crippen LogP contribution in [-0.4, -0.2) is 14.7 Å². The molecule has 0 bridgehead atoms. The van der Waals surface area contributed by atoms with E-state index in [1.807, 2.05) is 30.6 Å². The highest BCUT2D eigenvalue weighted by Gasteiger charge is 2.14. The minimum Gasteiger partial charge on any atom is -0.378 e. The lowest BCUT2D eigenvalue weighted by atomic mass is 10.0. The average Bonchev–Trinajstić information content (AvgIpc) is 3.16. The van der Waals surface area contributed by atoms with E-state index in [1.54, 1.807) is 0 Å². The fraction of sp³-hybridized carbons (Fsp3) is 0.167. The molecule has 0 amide bonds. The number of nitrogens with zero attached hydrogens (tertiary/aromatic N) is 3. The van der Waals surface area contributed by atoms with Gasteiger partial charge in [0.1, 0.15) is 6.33 Å². The molecular formula is C24H24ClN5. The Bertz CT molecular complexity index is 1220. The van der Waals surface area contributed by atoms with Gasteiger partial charge in [-0.3, -0.25) is 4.57 Å². The van der Waals surface area contributed by atoms with Crippen LogP contribution in [0, 0.1) is 13.8 Å². The van der Waals surface area contributed by atoms with Crippen LogP contribution in [0.15, 0.2) is 72.1 Å². The predicted molar refractivity (Wildman–Crippen MR) is 126 cm³/mol. The maximum atomic E-state index is 6.19. The van der Waals surface area contributed by atoms with Crippen LogP contribution in [0.4, 0.5) is 5.69 Å². The zero-order chi connectivity index (χ0) is 21.3. The van der Waals surface area contributed by atoms with Crippen molar-refractivity contribution in [2.45, 2.75) is 26.8 Å². The van der Waals surface area contributed by atoms with Gasteiger partial charge in [0.2, 0.25) is 0 Å². The first-order valence-corrected chi connectivity index (χ1v) is 10.2. The van der Waals surface area contributed by atoms with E-state index in [0.29, 0.717) is 5.17 Å². The van der Waals surface area contributed by atoms with E-state index in [-0.39, 0.29) is 6.04 Å². The third-order valence-corrected chi connectivity index (χ3v) is 5.67. The zero-order valence-corrected chi connectivity index (χ0v) is 18.0. The molecule has 1 aromatic heterocycles. The molecule has 0 fully saturated rings. The van der Waals surface area contributed by atoms with Gasteiger partial charge in [-0.2, -0.15) is 5.10 Å². The minimum absolute atomic E-state index is 0.00912. The summed E-state index contributed by atoms with van der Waals surface area (Å²) in [6, 6.07) is 20.4. The van der Waals surface area contributed by atoms with E-state index >= 15 is 0 Å². The Morgan fingerprint density at radius 3 is 2.53 bits per heavy atom. The topological polar surface area (TPSA) is 68.2 Å². The Labute approximate surface area is 181 Å². The number of nitrogens with two attached hydrogens (primary N) is 1. The van der Waals surface area contributed by atoms with Crippen molar-refractivity contribution in [3.8, 4) is 5.69 Å². The molecule has 152 valence electrons. The van der Waals surface area contributed by atoms with Crippen LogP contribution >= 0.6 is 11.6 Å². The van der Waals surface area contributed by atoms with Gasteiger partial charge in [0.25, 0.3) is 0 Å². The smallest absolute Gasteiger partial charge is 0.156 e. The molecule has 4 aromatic rings. The molecule has 0 saturated heterocycles. The van der Waals surface area contributed by atoms with Crippen molar-refractivity contribution in [3.05, 3.63) is 89.2 Å². The summed E-state index contributed by atoms with van der Waals surface area (Å²) < 4.78 is 2.15. The van der Waals surface area contributed by atoms with Gasteiger partial charge in [0.05, 0.1) is 16.7 Å². The Hall–Kier alpha value is -3.31. The number of halogens is 1. The fourth-order valence-electron chi connectivity index (χ4n) is 3.93. The number of rotatable bonds is 5. The first-order chi connectivity index (χ1) is 14.5. The molecule has 0 aliphatic heterocycles. The lowest BCUT2D eigenvalue weighted by molar-refractivity contribution is 0.882. The van der Waals surface area contributed by atoms with E-state index < -0.39 is 0 Å². The summed E-state index contributed by atoms with van der Waals surface area (Å²) >= 11 is 6.19. The number of aromatic nitrogens is 2. The van der Waals surface area contributed by atoms with Crippen LogP contribution < -0.4 is 11.2 Å². The van der Waals surface area contributed by atoms with Crippen LogP contribution in [0.25, 0.3) is 16.7 Å². The number of nitrogens with one attached hydrogen (secondary N) is 1. The lowest BCUT2D eigenvalue weighted by Crippen LogP contribution is -2.11. The number of imidazole rings is 1. The number of fused-ring (bicyclic) bond motifs is 1. The molecule has 3 aromatic carbocycles. The van der Waals surface area contributed by atoms with E-state index in [9.17, 15) is 0 Å². The van der Waals surface area contributed by atoms with Crippen LogP contribution in [-0.2, 0) is 0 Å². The third kappa shape index (κ3) is 3.64. The van der Waals surface area contributed by atoms with E-state index in [0.717, 1.165) is 27.8 Å². The molecule has 3 N–H and O–H groups in total. The molecule has 1 unspecified atom stereocenters. The molecule has 0 radical (unpaired) electrons. The number of hydrazone groups is 1. The van der Waals surface area contributed by atoms with Crippen LogP contribution in [0.1, 0.15) is 35.2 Å². The SMILES string of the molecule is Cc1cccc(C)c1-n1cnc2cc(NC(C)c3ccccc3/C(Cl)=N\N)ccc21. The highest BCUT2D eigenvalue weighted by atomic mass is 35.5.